The zero-order chi connectivity index (χ0) is 22.4. The van der Waals surface area contributed by atoms with Crippen molar-refractivity contribution in [2.75, 3.05) is 63.3 Å². The molecule has 0 saturated carbocycles. The second-order valence-corrected chi connectivity index (χ2v) is 11.3. The van der Waals surface area contributed by atoms with Crippen LogP contribution in [-0.2, 0) is 30.8 Å². The maximum absolute atomic E-state index is 12.7. The van der Waals surface area contributed by atoms with Gasteiger partial charge in [0.2, 0.25) is 21.1 Å². The van der Waals surface area contributed by atoms with E-state index in [1.807, 2.05) is 0 Å². The molecule has 0 radical (unpaired) electrons. The van der Waals surface area contributed by atoms with Crippen molar-refractivity contribution < 1.29 is 22.7 Å². The molecular formula is C19H25N5O5S3. The van der Waals surface area contributed by atoms with Crippen molar-refractivity contribution in [2.45, 2.75) is 15.8 Å². The first-order chi connectivity index (χ1) is 15.5. The third kappa shape index (κ3) is 5.97. The molecule has 2 fully saturated rings. The van der Waals surface area contributed by atoms with Crippen molar-refractivity contribution in [1.29, 1.82) is 0 Å². The minimum absolute atomic E-state index is 0.122. The second kappa shape index (κ2) is 10.9. The first-order valence-corrected chi connectivity index (χ1v) is 13.5. The van der Waals surface area contributed by atoms with Crippen LogP contribution in [0.4, 0.5) is 5.13 Å². The molecule has 174 valence electrons. The van der Waals surface area contributed by atoms with Gasteiger partial charge in [0, 0.05) is 32.7 Å². The van der Waals surface area contributed by atoms with Crippen LogP contribution in [0.2, 0.25) is 0 Å². The number of hydrogen-bond acceptors (Lipinski definition) is 10. The van der Waals surface area contributed by atoms with Gasteiger partial charge in [0.15, 0.2) is 4.34 Å². The lowest BCUT2D eigenvalue weighted by Gasteiger charge is -2.26. The number of carbonyl (C=O) groups excluding carboxylic acids is 1. The van der Waals surface area contributed by atoms with Crippen molar-refractivity contribution >= 4 is 44.2 Å². The van der Waals surface area contributed by atoms with Gasteiger partial charge in [0.25, 0.3) is 0 Å². The minimum Gasteiger partial charge on any atom is -0.379 e. The Morgan fingerprint density at radius 3 is 2.38 bits per heavy atom. The number of amides is 1. The van der Waals surface area contributed by atoms with Crippen LogP contribution in [0.1, 0.15) is 5.56 Å². The number of morpholine rings is 2. The van der Waals surface area contributed by atoms with Crippen molar-refractivity contribution in [3.63, 3.8) is 0 Å². The standard InChI is InChI=1S/C19H25N5O5S3/c25-17(14-30-19-22-21-18(31-19)23-5-9-28-10-6-23)20-13-15-1-3-16(4-2-15)32(26,27)24-7-11-29-12-8-24/h1-4H,5-14H2,(H,20,25). The molecule has 3 heterocycles. The number of aromatic nitrogens is 2. The molecule has 4 rings (SSSR count). The number of rotatable bonds is 8. The topological polar surface area (TPSA) is 114 Å². The first-order valence-electron chi connectivity index (χ1n) is 10.2. The van der Waals surface area contributed by atoms with Crippen molar-refractivity contribution in [3.05, 3.63) is 29.8 Å². The number of hydrogen-bond donors (Lipinski definition) is 1. The van der Waals surface area contributed by atoms with Gasteiger partial charge in [-0.05, 0) is 17.7 Å². The highest BCUT2D eigenvalue weighted by molar-refractivity contribution is 8.01. The molecular weight excluding hydrogens is 474 g/mol. The van der Waals surface area contributed by atoms with E-state index in [9.17, 15) is 13.2 Å². The van der Waals surface area contributed by atoms with E-state index < -0.39 is 10.0 Å². The Labute approximate surface area is 195 Å². The minimum atomic E-state index is -3.52. The van der Waals surface area contributed by atoms with E-state index in [-0.39, 0.29) is 16.6 Å². The fourth-order valence-corrected chi connectivity index (χ4v) is 6.37. The monoisotopic (exact) mass is 499 g/mol. The van der Waals surface area contributed by atoms with Crippen LogP contribution in [0.5, 0.6) is 0 Å². The molecule has 32 heavy (non-hydrogen) atoms. The summed E-state index contributed by atoms with van der Waals surface area (Å²) in [5, 5.41) is 12.1. The zero-order valence-electron chi connectivity index (χ0n) is 17.4. The molecule has 0 bridgehead atoms. The predicted octanol–water partition coefficient (Wildman–Crippen LogP) is 0.804. The number of nitrogens with one attached hydrogen (secondary N) is 1. The fraction of sp³-hybridized carbons (Fsp3) is 0.526. The molecule has 1 aromatic carbocycles. The van der Waals surface area contributed by atoms with Crippen LogP contribution >= 0.6 is 23.1 Å². The summed E-state index contributed by atoms with van der Waals surface area (Å²) in [7, 11) is -3.52. The smallest absolute Gasteiger partial charge is 0.243 e. The van der Waals surface area contributed by atoms with E-state index in [4.69, 9.17) is 9.47 Å². The number of nitrogens with zero attached hydrogens (tertiary/aromatic N) is 4. The van der Waals surface area contributed by atoms with Gasteiger partial charge in [-0.25, -0.2) is 8.42 Å². The Balaban J connectivity index is 1.23. The van der Waals surface area contributed by atoms with Crippen LogP contribution in [0.25, 0.3) is 0 Å². The average molecular weight is 500 g/mol. The molecule has 13 heteroatoms. The molecule has 0 atom stereocenters. The summed E-state index contributed by atoms with van der Waals surface area (Å²) in [5.74, 6) is 0.115. The number of benzene rings is 1. The summed E-state index contributed by atoms with van der Waals surface area (Å²) in [5.41, 5.74) is 0.829. The maximum atomic E-state index is 12.7. The van der Waals surface area contributed by atoms with Crippen LogP contribution < -0.4 is 10.2 Å². The largest absolute Gasteiger partial charge is 0.379 e. The number of sulfonamides is 1. The molecule has 2 saturated heterocycles. The molecule has 0 aliphatic carbocycles. The molecule has 1 amide bonds. The third-order valence-corrected chi connectivity index (χ3v) is 9.06. The lowest BCUT2D eigenvalue weighted by molar-refractivity contribution is -0.118. The molecule has 2 aromatic rings. The van der Waals surface area contributed by atoms with Gasteiger partial charge < -0.3 is 19.7 Å². The third-order valence-electron chi connectivity index (χ3n) is 5.02. The number of carbonyl (C=O) groups is 1. The van der Waals surface area contributed by atoms with Crippen LogP contribution in [0.15, 0.2) is 33.5 Å². The number of thioether (sulfide) groups is 1. The highest BCUT2D eigenvalue weighted by Crippen LogP contribution is 2.28. The van der Waals surface area contributed by atoms with Crippen molar-refractivity contribution in [3.8, 4) is 0 Å². The van der Waals surface area contributed by atoms with Gasteiger partial charge in [-0.1, -0.05) is 35.2 Å². The van der Waals surface area contributed by atoms with E-state index in [1.54, 1.807) is 24.3 Å². The molecule has 2 aliphatic rings. The van der Waals surface area contributed by atoms with Crippen LogP contribution in [0, 0.1) is 0 Å². The van der Waals surface area contributed by atoms with Crippen molar-refractivity contribution in [2.24, 2.45) is 0 Å². The normalized spacial score (nSPS) is 17.9. The summed E-state index contributed by atoms with van der Waals surface area (Å²) in [6.45, 7) is 4.83. The van der Waals surface area contributed by atoms with Crippen molar-refractivity contribution in [1.82, 2.24) is 19.8 Å². The summed E-state index contributed by atoms with van der Waals surface area (Å²) >= 11 is 2.82. The number of ether oxygens (including phenoxy) is 2. The molecule has 2 aliphatic heterocycles. The summed E-state index contributed by atoms with van der Waals surface area (Å²) in [6.07, 6.45) is 0. The van der Waals surface area contributed by atoms with E-state index >= 15 is 0 Å². The Kier molecular flexibility index (Phi) is 7.97. The van der Waals surface area contributed by atoms with Gasteiger partial charge in [0.1, 0.15) is 0 Å². The lowest BCUT2D eigenvalue weighted by atomic mass is 10.2. The Morgan fingerprint density at radius 1 is 1.03 bits per heavy atom. The van der Waals surface area contributed by atoms with Gasteiger partial charge in [-0.3, -0.25) is 4.79 Å². The van der Waals surface area contributed by atoms with Gasteiger partial charge in [-0.15, -0.1) is 10.2 Å². The first kappa shape index (κ1) is 23.4. The average Bonchev–Trinajstić information content (AvgIpc) is 3.32. The summed E-state index contributed by atoms with van der Waals surface area (Å²) in [6, 6.07) is 6.60. The Bertz CT molecular complexity index is 1000. The lowest BCUT2D eigenvalue weighted by Crippen LogP contribution is -2.40. The zero-order valence-corrected chi connectivity index (χ0v) is 19.9. The molecule has 1 aromatic heterocycles. The van der Waals surface area contributed by atoms with Gasteiger partial charge in [0.05, 0.1) is 37.1 Å². The highest BCUT2D eigenvalue weighted by atomic mass is 32.2. The summed E-state index contributed by atoms with van der Waals surface area (Å²) < 4.78 is 38.1. The van der Waals surface area contributed by atoms with Crippen LogP contribution in [-0.4, -0.2) is 87.2 Å². The number of anilines is 1. The Hall–Kier alpha value is -1.77. The second-order valence-electron chi connectivity index (χ2n) is 7.18. The van der Waals surface area contributed by atoms with E-state index in [0.29, 0.717) is 46.1 Å². The summed E-state index contributed by atoms with van der Waals surface area (Å²) in [4.78, 5) is 14.6. The molecule has 1 N–H and O–H groups in total. The Morgan fingerprint density at radius 2 is 1.69 bits per heavy atom. The van der Waals surface area contributed by atoms with Gasteiger partial charge in [-0.2, -0.15) is 4.31 Å². The quantitative estimate of drug-likeness (QED) is 0.527. The maximum Gasteiger partial charge on any atom is 0.243 e. The van der Waals surface area contributed by atoms with E-state index in [0.717, 1.165) is 28.1 Å². The van der Waals surface area contributed by atoms with E-state index in [2.05, 4.69) is 20.4 Å². The SMILES string of the molecule is O=C(CSc1nnc(N2CCOCC2)s1)NCc1ccc(S(=O)(=O)N2CCOCC2)cc1. The highest BCUT2D eigenvalue weighted by Gasteiger charge is 2.26. The fourth-order valence-electron chi connectivity index (χ4n) is 3.24. The van der Waals surface area contributed by atoms with Crippen LogP contribution in [0.3, 0.4) is 0 Å². The van der Waals surface area contributed by atoms with Gasteiger partial charge >= 0.3 is 0 Å². The van der Waals surface area contributed by atoms with E-state index in [1.165, 1.54) is 27.4 Å². The molecule has 0 unspecified atom stereocenters. The molecule has 10 nitrogen and oxygen atoms in total. The molecule has 0 spiro atoms. The predicted molar refractivity (Wildman–Crippen MR) is 122 cm³/mol.